The lowest BCUT2D eigenvalue weighted by atomic mass is 10.0. The van der Waals surface area contributed by atoms with Crippen molar-refractivity contribution in [3.05, 3.63) is 53.6 Å². The van der Waals surface area contributed by atoms with E-state index in [2.05, 4.69) is 25.6 Å². The highest BCUT2D eigenvalue weighted by Gasteiger charge is 2.38. The molecule has 4 rings (SSSR count). The molecular formula is C21H20F3N5O5. The Bertz CT molecular complexity index is 1210. The molecule has 0 saturated heterocycles. The van der Waals surface area contributed by atoms with Gasteiger partial charge in [-0.15, -0.1) is 0 Å². The molecule has 4 N–H and O–H groups in total. The van der Waals surface area contributed by atoms with E-state index in [1.54, 1.807) is 4.90 Å². The third-order valence-corrected chi connectivity index (χ3v) is 5.03. The molecule has 0 fully saturated rings. The first-order valence-electron chi connectivity index (χ1n) is 9.80. The Morgan fingerprint density at radius 1 is 1.24 bits per heavy atom. The zero-order valence-corrected chi connectivity index (χ0v) is 17.9. The molecule has 3 amide bonds. The molecule has 0 saturated carbocycles. The van der Waals surface area contributed by atoms with E-state index in [4.69, 9.17) is 9.90 Å². The number of urea groups is 1. The second-order valence-electron chi connectivity index (χ2n) is 7.19. The lowest BCUT2D eigenvalue weighted by Crippen LogP contribution is -2.40. The summed E-state index contributed by atoms with van der Waals surface area (Å²) >= 11 is 0. The molecule has 0 radical (unpaired) electrons. The summed E-state index contributed by atoms with van der Waals surface area (Å²) in [5.41, 5.74) is 3.45. The number of carboxylic acids is 1. The number of halogens is 3. The van der Waals surface area contributed by atoms with Gasteiger partial charge in [0.05, 0.1) is 25.2 Å². The van der Waals surface area contributed by atoms with Crippen molar-refractivity contribution in [1.82, 2.24) is 15.1 Å². The van der Waals surface area contributed by atoms with Gasteiger partial charge < -0.3 is 20.1 Å². The van der Waals surface area contributed by atoms with Gasteiger partial charge in [-0.1, -0.05) is 30.3 Å². The van der Waals surface area contributed by atoms with E-state index in [-0.39, 0.29) is 12.1 Å². The number of aromatic nitrogens is 2. The molecule has 180 valence electrons. The number of aromatic amines is 1. The van der Waals surface area contributed by atoms with Crippen LogP contribution in [0, 0.1) is 0 Å². The van der Waals surface area contributed by atoms with Crippen LogP contribution in [0.1, 0.15) is 24.1 Å². The van der Waals surface area contributed by atoms with Crippen LogP contribution in [-0.2, 0) is 16.1 Å². The minimum Gasteiger partial charge on any atom is -0.475 e. The number of carbonyl (C=O) groups is 3. The minimum atomic E-state index is -5.08. The molecule has 1 aromatic heterocycles. The van der Waals surface area contributed by atoms with E-state index < -0.39 is 18.2 Å². The van der Waals surface area contributed by atoms with Crippen LogP contribution in [0.25, 0.3) is 10.9 Å². The Labute approximate surface area is 190 Å². The highest BCUT2D eigenvalue weighted by molar-refractivity contribution is 6.01. The number of benzene rings is 2. The molecule has 1 aliphatic rings. The number of H-pyrrole nitrogens is 1. The number of carboxylic acid groups (broad SMARTS) is 1. The Balaban J connectivity index is 0.000000406. The number of fused-ring (bicyclic) bond motifs is 2. The summed E-state index contributed by atoms with van der Waals surface area (Å²) in [6.07, 6.45) is -5.67. The number of anilines is 2. The maximum atomic E-state index is 12.6. The average Bonchev–Trinajstić information content (AvgIpc) is 3.18. The van der Waals surface area contributed by atoms with Gasteiger partial charge in [0.15, 0.2) is 5.82 Å². The first kappa shape index (κ1) is 24.4. The van der Waals surface area contributed by atoms with Crippen molar-refractivity contribution in [2.24, 2.45) is 0 Å². The van der Waals surface area contributed by atoms with Crippen LogP contribution in [-0.4, -0.2) is 51.6 Å². The average molecular weight is 479 g/mol. The van der Waals surface area contributed by atoms with Crippen LogP contribution in [0.2, 0.25) is 0 Å². The monoisotopic (exact) mass is 479 g/mol. The Morgan fingerprint density at radius 3 is 2.47 bits per heavy atom. The minimum absolute atomic E-state index is 0.0768. The molecule has 1 atom stereocenters. The van der Waals surface area contributed by atoms with Crippen LogP contribution in [0.4, 0.5) is 34.3 Å². The number of aliphatic carboxylic acids is 1. The van der Waals surface area contributed by atoms with Crippen LogP contribution >= 0.6 is 0 Å². The number of methoxy groups -OCH3 is 1. The van der Waals surface area contributed by atoms with E-state index in [0.717, 1.165) is 22.2 Å². The summed E-state index contributed by atoms with van der Waals surface area (Å²) in [6.45, 7) is 2.45. The zero-order chi connectivity index (χ0) is 25.0. The van der Waals surface area contributed by atoms with Gasteiger partial charge in [0, 0.05) is 11.1 Å². The van der Waals surface area contributed by atoms with Crippen molar-refractivity contribution < 1.29 is 37.4 Å². The molecule has 3 aromatic rings. The van der Waals surface area contributed by atoms with E-state index in [1.165, 1.54) is 7.11 Å². The van der Waals surface area contributed by atoms with Crippen molar-refractivity contribution in [1.29, 1.82) is 0 Å². The normalized spacial score (nSPS) is 13.8. The van der Waals surface area contributed by atoms with Gasteiger partial charge in [-0.2, -0.15) is 18.3 Å². The predicted octanol–water partition coefficient (Wildman–Crippen LogP) is 4.48. The number of carbonyl (C=O) groups excluding carboxylic acids is 2. The van der Waals surface area contributed by atoms with Gasteiger partial charge in [0.25, 0.3) is 0 Å². The van der Waals surface area contributed by atoms with Crippen molar-refractivity contribution in [3.63, 3.8) is 0 Å². The number of amides is 3. The number of rotatable bonds is 3. The van der Waals surface area contributed by atoms with Crippen LogP contribution < -0.4 is 10.6 Å². The number of alkyl halides is 3. The van der Waals surface area contributed by atoms with E-state index >= 15 is 0 Å². The largest absolute Gasteiger partial charge is 0.490 e. The summed E-state index contributed by atoms with van der Waals surface area (Å²) < 4.78 is 36.4. The second kappa shape index (κ2) is 9.68. The lowest BCUT2D eigenvalue weighted by molar-refractivity contribution is -0.192. The van der Waals surface area contributed by atoms with E-state index in [0.29, 0.717) is 17.9 Å². The lowest BCUT2D eigenvalue weighted by Gasteiger charge is -2.34. The van der Waals surface area contributed by atoms with Crippen molar-refractivity contribution in [3.8, 4) is 0 Å². The smallest absolute Gasteiger partial charge is 0.475 e. The highest BCUT2D eigenvalue weighted by Crippen LogP contribution is 2.34. The predicted molar refractivity (Wildman–Crippen MR) is 115 cm³/mol. The van der Waals surface area contributed by atoms with E-state index in [1.807, 2.05) is 49.4 Å². The molecule has 10 nitrogen and oxygen atoms in total. The van der Waals surface area contributed by atoms with Gasteiger partial charge in [-0.3, -0.25) is 10.4 Å². The van der Waals surface area contributed by atoms with E-state index in [9.17, 15) is 22.8 Å². The summed E-state index contributed by atoms with van der Waals surface area (Å²) in [5.74, 6) is -2.37. The molecule has 0 unspecified atom stereocenters. The number of nitrogens with zero attached hydrogens (tertiary/aromatic N) is 2. The molecular weight excluding hydrogens is 459 g/mol. The Morgan fingerprint density at radius 2 is 1.88 bits per heavy atom. The first-order chi connectivity index (χ1) is 16.0. The van der Waals surface area contributed by atoms with Gasteiger partial charge in [0.1, 0.15) is 0 Å². The summed E-state index contributed by atoms with van der Waals surface area (Å²) in [6, 6.07) is 13.4. The summed E-state index contributed by atoms with van der Waals surface area (Å²) in [7, 11) is 1.30. The standard InChI is InChI=1S/C19H19N5O3.C2HF3O2/c1-11(12-6-4-3-5-7-12)24-10-13-8-14-16(9-15(13)20-18(24)25)22-23-17(14)21-19(26)27-2;3-2(4,5)1(6)7/h3-9,11H,10H2,1-2H3,(H,20,25)(H2,21,22,23,26);(H,6,7)/t11-;/m1./s1. The first-order valence-corrected chi connectivity index (χ1v) is 9.80. The second-order valence-corrected chi connectivity index (χ2v) is 7.19. The van der Waals surface area contributed by atoms with Crippen LogP contribution in [0.15, 0.2) is 42.5 Å². The van der Waals surface area contributed by atoms with Crippen molar-refractivity contribution in [2.75, 3.05) is 17.7 Å². The Kier molecular flexibility index (Phi) is 6.94. The Hall–Kier alpha value is -4.29. The molecule has 0 aliphatic carbocycles. The molecule has 0 spiro atoms. The molecule has 34 heavy (non-hydrogen) atoms. The summed E-state index contributed by atoms with van der Waals surface area (Å²) in [5, 5.41) is 20.4. The highest BCUT2D eigenvalue weighted by atomic mass is 19.4. The SMILES string of the molecule is COC(=O)Nc1n[nH]c2cc3c(cc12)CN([C@H](C)c1ccccc1)C(=O)N3.O=C(O)C(F)(F)F. The number of hydrogen-bond donors (Lipinski definition) is 4. The third-order valence-electron chi connectivity index (χ3n) is 5.03. The fourth-order valence-electron chi connectivity index (χ4n) is 3.27. The van der Waals surface area contributed by atoms with Gasteiger partial charge in [-0.05, 0) is 30.2 Å². The maximum absolute atomic E-state index is 12.6. The fraction of sp³-hybridized carbons (Fsp3) is 0.238. The van der Waals surface area contributed by atoms with Crippen LogP contribution in [0.5, 0.6) is 0 Å². The van der Waals surface area contributed by atoms with Crippen LogP contribution in [0.3, 0.4) is 0 Å². The number of nitrogens with one attached hydrogen (secondary N) is 3. The van der Waals surface area contributed by atoms with Crippen molar-refractivity contribution in [2.45, 2.75) is 25.7 Å². The number of ether oxygens (including phenoxy) is 1. The molecule has 0 bridgehead atoms. The van der Waals surface area contributed by atoms with Crippen molar-refractivity contribution >= 4 is 40.5 Å². The quantitative estimate of drug-likeness (QED) is 0.437. The fourth-order valence-corrected chi connectivity index (χ4v) is 3.27. The van der Waals surface area contributed by atoms with Gasteiger partial charge in [-0.25, -0.2) is 14.4 Å². The van der Waals surface area contributed by atoms with Gasteiger partial charge >= 0.3 is 24.3 Å². The third kappa shape index (κ3) is 5.36. The summed E-state index contributed by atoms with van der Waals surface area (Å²) in [4.78, 5) is 34.8. The molecule has 1 aliphatic heterocycles. The topological polar surface area (TPSA) is 137 Å². The number of hydrogen-bond acceptors (Lipinski definition) is 5. The maximum Gasteiger partial charge on any atom is 0.490 e. The molecule has 2 aromatic carbocycles. The molecule has 2 heterocycles. The van der Waals surface area contributed by atoms with Gasteiger partial charge in [0.2, 0.25) is 0 Å². The zero-order valence-electron chi connectivity index (χ0n) is 17.9. The molecule has 13 heteroatoms.